The van der Waals surface area contributed by atoms with Crippen molar-refractivity contribution in [2.24, 2.45) is 5.73 Å². The lowest BCUT2D eigenvalue weighted by atomic mass is 9.93. The molecule has 3 rings (SSSR count). The van der Waals surface area contributed by atoms with E-state index in [-0.39, 0.29) is 0 Å². The maximum absolute atomic E-state index is 5.57. The van der Waals surface area contributed by atoms with Crippen molar-refractivity contribution < 1.29 is 0 Å². The molecule has 90 valence electrons. The molecule has 0 radical (unpaired) electrons. The molecule has 1 aromatic carbocycles. The average Bonchev–Trinajstić information content (AvgIpc) is 2.68. The van der Waals surface area contributed by atoms with Gasteiger partial charge in [-0.2, -0.15) is 0 Å². The normalized spacial score (nSPS) is 16.3. The molecule has 1 aromatic heterocycles. The van der Waals surface area contributed by atoms with Gasteiger partial charge in [0.15, 0.2) is 0 Å². The van der Waals surface area contributed by atoms with Crippen LogP contribution in [-0.4, -0.2) is 11.1 Å². The fourth-order valence-electron chi connectivity index (χ4n) is 2.64. The summed E-state index contributed by atoms with van der Waals surface area (Å²) in [7, 11) is 0. The van der Waals surface area contributed by atoms with Crippen LogP contribution in [0.25, 0.3) is 10.9 Å². The zero-order valence-electron chi connectivity index (χ0n) is 10.2. The Hall–Kier alpha value is -1.28. The van der Waals surface area contributed by atoms with Gasteiger partial charge in [0, 0.05) is 17.8 Å². The summed E-state index contributed by atoms with van der Waals surface area (Å²) in [4.78, 5) is 0. The minimum absolute atomic E-state index is 0.747. The molecule has 0 unspecified atom stereocenters. The number of benzene rings is 1. The van der Waals surface area contributed by atoms with E-state index >= 15 is 0 Å². The maximum Gasteiger partial charge on any atom is 0.0485 e. The molecule has 0 saturated heterocycles. The lowest BCUT2D eigenvalue weighted by Gasteiger charge is -2.28. The van der Waals surface area contributed by atoms with Crippen molar-refractivity contribution in [2.75, 3.05) is 6.54 Å². The molecule has 2 heteroatoms. The lowest BCUT2D eigenvalue weighted by molar-refractivity contribution is 0.321. The van der Waals surface area contributed by atoms with Crippen LogP contribution in [0.15, 0.2) is 30.5 Å². The van der Waals surface area contributed by atoms with Gasteiger partial charge in [-0.15, -0.1) is 0 Å². The molecule has 0 atom stereocenters. The highest BCUT2D eigenvalue weighted by Crippen LogP contribution is 2.34. The zero-order chi connectivity index (χ0) is 11.7. The number of aromatic nitrogens is 1. The predicted molar refractivity (Wildman–Crippen MR) is 72.2 cm³/mol. The summed E-state index contributed by atoms with van der Waals surface area (Å²) in [6.45, 7) is 0.779. The first-order valence-electron chi connectivity index (χ1n) is 6.68. The van der Waals surface area contributed by atoms with Crippen molar-refractivity contribution in [3.8, 4) is 0 Å². The van der Waals surface area contributed by atoms with E-state index in [4.69, 9.17) is 5.73 Å². The molecular formula is C15H20N2. The summed E-state index contributed by atoms with van der Waals surface area (Å²) in [6.07, 6.45) is 8.50. The Labute approximate surface area is 102 Å². The van der Waals surface area contributed by atoms with Gasteiger partial charge in [0.1, 0.15) is 0 Å². The minimum Gasteiger partial charge on any atom is -0.344 e. The van der Waals surface area contributed by atoms with Crippen LogP contribution in [0, 0.1) is 0 Å². The summed E-state index contributed by atoms with van der Waals surface area (Å²) in [5.41, 5.74) is 8.40. The van der Waals surface area contributed by atoms with Gasteiger partial charge < -0.3 is 10.3 Å². The molecule has 1 heterocycles. The number of aryl methyl sites for hydroxylation is 1. The van der Waals surface area contributed by atoms with Crippen molar-refractivity contribution in [3.05, 3.63) is 36.0 Å². The molecule has 1 fully saturated rings. The molecule has 1 saturated carbocycles. The summed E-state index contributed by atoms with van der Waals surface area (Å²) < 4.78 is 2.46. The van der Waals surface area contributed by atoms with Crippen LogP contribution >= 0.6 is 0 Å². The first kappa shape index (κ1) is 10.8. The number of rotatable bonds is 4. The number of nitrogens with two attached hydrogens (primary N) is 1. The minimum atomic E-state index is 0.747. The lowest BCUT2D eigenvalue weighted by Crippen LogP contribution is -2.15. The fraction of sp³-hybridized carbons (Fsp3) is 0.467. The molecule has 1 aliphatic rings. The van der Waals surface area contributed by atoms with E-state index in [2.05, 4.69) is 35.0 Å². The van der Waals surface area contributed by atoms with E-state index in [1.54, 1.807) is 0 Å². The molecule has 2 nitrogen and oxygen atoms in total. The van der Waals surface area contributed by atoms with E-state index < -0.39 is 0 Å². The Bertz CT molecular complexity index is 509. The first-order chi connectivity index (χ1) is 8.38. The van der Waals surface area contributed by atoms with E-state index in [0.29, 0.717) is 0 Å². The second-order valence-corrected chi connectivity index (χ2v) is 5.09. The molecule has 1 aliphatic carbocycles. The van der Waals surface area contributed by atoms with Crippen LogP contribution in [0.1, 0.15) is 37.3 Å². The Morgan fingerprint density at radius 2 is 2.12 bits per heavy atom. The van der Waals surface area contributed by atoms with Gasteiger partial charge in [0.2, 0.25) is 0 Å². The smallest absolute Gasteiger partial charge is 0.0485 e. The van der Waals surface area contributed by atoms with Crippen LogP contribution in [0.5, 0.6) is 0 Å². The van der Waals surface area contributed by atoms with Gasteiger partial charge in [0.25, 0.3) is 0 Å². The van der Waals surface area contributed by atoms with Crippen molar-refractivity contribution in [1.82, 2.24) is 4.57 Å². The monoisotopic (exact) mass is 228 g/mol. The Balaban J connectivity index is 1.94. The van der Waals surface area contributed by atoms with Crippen LogP contribution < -0.4 is 5.73 Å². The Kier molecular flexibility index (Phi) is 2.89. The van der Waals surface area contributed by atoms with Gasteiger partial charge in [-0.05, 0) is 61.7 Å². The molecule has 0 bridgehead atoms. The number of hydrogen-bond donors (Lipinski definition) is 1. The van der Waals surface area contributed by atoms with E-state index in [9.17, 15) is 0 Å². The molecule has 2 N–H and O–H groups in total. The third-order valence-electron chi connectivity index (χ3n) is 3.93. The van der Waals surface area contributed by atoms with E-state index in [1.807, 2.05) is 0 Å². The topological polar surface area (TPSA) is 30.9 Å². The second kappa shape index (κ2) is 4.53. The fourth-order valence-corrected chi connectivity index (χ4v) is 2.64. The second-order valence-electron chi connectivity index (χ2n) is 5.09. The predicted octanol–water partition coefficient (Wildman–Crippen LogP) is 3.26. The van der Waals surface area contributed by atoms with Gasteiger partial charge in [-0.1, -0.05) is 12.1 Å². The first-order valence-corrected chi connectivity index (χ1v) is 6.68. The summed E-state index contributed by atoms with van der Waals surface area (Å²) in [5, 5.41) is 1.37. The highest BCUT2D eigenvalue weighted by Gasteiger charge is 2.20. The molecule has 0 aliphatic heterocycles. The Morgan fingerprint density at radius 3 is 2.82 bits per heavy atom. The van der Waals surface area contributed by atoms with Gasteiger partial charge >= 0.3 is 0 Å². The van der Waals surface area contributed by atoms with Gasteiger partial charge in [0.05, 0.1) is 0 Å². The van der Waals surface area contributed by atoms with Crippen molar-refractivity contribution >= 4 is 10.9 Å². The highest BCUT2D eigenvalue weighted by molar-refractivity contribution is 5.81. The quantitative estimate of drug-likeness (QED) is 0.855. The molecule has 17 heavy (non-hydrogen) atoms. The largest absolute Gasteiger partial charge is 0.344 e. The maximum atomic E-state index is 5.57. The van der Waals surface area contributed by atoms with Gasteiger partial charge in [-0.3, -0.25) is 0 Å². The summed E-state index contributed by atoms with van der Waals surface area (Å²) >= 11 is 0. The third-order valence-corrected chi connectivity index (χ3v) is 3.93. The SMILES string of the molecule is NCCCc1ccc2ccn(C3CCC3)c2c1. The zero-order valence-corrected chi connectivity index (χ0v) is 10.2. The standard InChI is InChI=1S/C15H20N2/c16-9-2-3-12-6-7-13-8-10-17(15(13)11-12)14-4-1-5-14/h6-8,10-11,14H,1-5,9,16H2. The number of hydrogen-bond acceptors (Lipinski definition) is 1. The van der Waals surface area contributed by atoms with Crippen molar-refractivity contribution in [3.63, 3.8) is 0 Å². The van der Waals surface area contributed by atoms with Crippen LogP contribution in [0.3, 0.4) is 0 Å². The van der Waals surface area contributed by atoms with Crippen molar-refractivity contribution in [1.29, 1.82) is 0 Å². The number of fused-ring (bicyclic) bond motifs is 1. The molecule has 0 spiro atoms. The summed E-state index contributed by atoms with van der Waals surface area (Å²) in [5.74, 6) is 0. The molecule has 2 aromatic rings. The molecular weight excluding hydrogens is 208 g/mol. The Morgan fingerprint density at radius 1 is 1.24 bits per heavy atom. The van der Waals surface area contributed by atoms with Crippen LogP contribution in [0.4, 0.5) is 0 Å². The average molecular weight is 228 g/mol. The van der Waals surface area contributed by atoms with Crippen LogP contribution in [-0.2, 0) is 6.42 Å². The number of nitrogens with zero attached hydrogens (tertiary/aromatic N) is 1. The summed E-state index contributed by atoms with van der Waals surface area (Å²) in [6, 6.07) is 9.82. The third kappa shape index (κ3) is 1.98. The molecule has 0 amide bonds. The van der Waals surface area contributed by atoms with Crippen molar-refractivity contribution in [2.45, 2.75) is 38.1 Å². The van der Waals surface area contributed by atoms with E-state index in [0.717, 1.165) is 25.4 Å². The van der Waals surface area contributed by atoms with Gasteiger partial charge in [-0.25, -0.2) is 0 Å². The van der Waals surface area contributed by atoms with E-state index in [1.165, 1.54) is 35.7 Å². The van der Waals surface area contributed by atoms with Crippen LogP contribution in [0.2, 0.25) is 0 Å². The highest BCUT2D eigenvalue weighted by atomic mass is 15.0.